The van der Waals surface area contributed by atoms with Crippen molar-refractivity contribution in [3.05, 3.63) is 0 Å². The van der Waals surface area contributed by atoms with E-state index in [9.17, 15) is 4.79 Å². The van der Waals surface area contributed by atoms with Gasteiger partial charge in [0.1, 0.15) is 0 Å². The second-order valence-corrected chi connectivity index (χ2v) is 3.46. The predicted octanol–water partition coefficient (Wildman–Crippen LogP) is 1.33. The number of rotatable bonds is 2. The molecule has 3 atom stereocenters. The van der Waals surface area contributed by atoms with Gasteiger partial charge in [0.2, 0.25) is 0 Å². The minimum atomic E-state index is -0.653. The number of esters is 1. The monoisotopic (exact) mass is 192 g/mol. The summed E-state index contributed by atoms with van der Waals surface area (Å²) in [5, 5.41) is -0.653. The van der Waals surface area contributed by atoms with Gasteiger partial charge in [-0.05, 0) is 19.8 Å². The van der Waals surface area contributed by atoms with Gasteiger partial charge in [0.05, 0.1) is 19.3 Å². The van der Waals surface area contributed by atoms with Crippen molar-refractivity contribution in [2.24, 2.45) is 0 Å². The maximum Gasteiger partial charge on any atom is 0.326 e. The maximum atomic E-state index is 11.0. The molecule has 1 aliphatic heterocycles. The quantitative estimate of drug-likeness (QED) is 0.489. The molecule has 3 unspecified atom stereocenters. The highest BCUT2D eigenvalue weighted by molar-refractivity contribution is 6.30. The fourth-order valence-corrected chi connectivity index (χ4v) is 1.59. The van der Waals surface area contributed by atoms with Crippen LogP contribution in [0.2, 0.25) is 0 Å². The highest BCUT2D eigenvalue weighted by Gasteiger charge is 2.33. The molecule has 1 heterocycles. The molecule has 12 heavy (non-hydrogen) atoms. The molecular formula is C8H13ClO3. The SMILES string of the molecule is COC(=O)C(Cl)C1CCC(C)O1. The lowest BCUT2D eigenvalue weighted by Crippen LogP contribution is -2.30. The summed E-state index contributed by atoms with van der Waals surface area (Å²) in [4.78, 5) is 11.0. The first-order valence-electron chi connectivity index (χ1n) is 4.02. The molecule has 70 valence electrons. The van der Waals surface area contributed by atoms with E-state index in [0.717, 1.165) is 12.8 Å². The maximum absolute atomic E-state index is 11.0. The summed E-state index contributed by atoms with van der Waals surface area (Å²) in [6, 6.07) is 0. The van der Waals surface area contributed by atoms with Crippen LogP contribution in [-0.2, 0) is 14.3 Å². The molecule has 0 N–H and O–H groups in total. The number of carbonyl (C=O) groups is 1. The van der Waals surface area contributed by atoms with E-state index in [0.29, 0.717) is 0 Å². The third kappa shape index (κ3) is 2.11. The third-order valence-electron chi connectivity index (χ3n) is 2.02. The third-order valence-corrected chi connectivity index (χ3v) is 2.48. The molecule has 3 nitrogen and oxygen atoms in total. The molecule has 0 aromatic heterocycles. The first-order chi connectivity index (χ1) is 5.65. The first kappa shape index (κ1) is 9.81. The number of hydrogen-bond acceptors (Lipinski definition) is 3. The van der Waals surface area contributed by atoms with Gasteiger partial charge in [-0.2, -0.15) is 0 Å². The van der Waals surface area contributed by atoms with Gasteiger partial charge in [-0.1, -0.05) is 0 Å². The molecule has 0 bridgehead atoms. The van der Waals surface area contributed by atoms with Crippen molar-refractivity contribution in [3.8, 4) is 0 Å². The van der Waals surface area contributed by atoms with Crippen molar-refractivity contribution < 1.29 is 14.3 Å². The Labute approximate surface area is 77.0 Å². The number of ether oxygens (including phenoxy) is 2. The molecule has 1 saturated heterocycles. The second-order valence-electron chi connectivity index (χ2n) is 2.99. The Balaban J connectivity index is 2.42. The summed E-state index contributed by atoms with van der Waals surface area (Å²) in [5.74, 6) is -0.407. The van der Waals surface area contributed by atoms with Crippen LogP contribution in [0.1, 0.15) is 19.8 Å². The van der Waals surface area contributed by atoms with Crippen LogP contribution in [0.5, 0.6) is 0 Å². The number of carbonyl (C=O) groups excluding carboxylic acids is 1. The number of methoxy groups -OCH3 is 1. The first-order valence-corrected chi connectivity index (χ1v) is 4.46. The Morgan fingerprint density at radius 3 is 2.75 bits per heavy atom. The van der Waals surface area contributed by atoms with Crippen LogP contribution in [0.25, 0.3) is 0 Å². The van der Waals surface area contributed by atoms with Crippen molar-refractivity contribution >= 4 is 17.6 Å². The van der Waals surface area contributed by atoms with Crippen molar-refractivity contribution in [1.29, 1.82) is 0 Å². The van der Waals surface area contributed by atoms with E-state index in [2.05, 4.69) is 4.74 Å². The van der Waals surface area contributed by atoms with Crippen molar-refractivity contribution in [2.45, 2.75) is 37.4 Å². The molecule has 0 aliphatic carbocycles. The molecule has 1 rings (SSSR count). The zero-order valence-corrected chi connectivity index (χ0v) is 8.00. The molecule has 0 aromatic rings. The van der Waals surface area contributed by atoms with Gasteiger partial charge in [0.15, 0.2) is 5.38 Å². The molecule has 0 amide bonds. The normalized spacial score (nSPS) is 31.6. The van der Waals surface area contributed by atoms with E-state index in [-0.39, 0.29) is 12.2 Å². The van der Waals surface area contributed by atoms with Crippen LogP contribution < -0.4 is 0 Å². The van der Waals surface area contributed by atoms with Gasteiger partial charge in [0.25, 0.3) is 0 Å². The van der Waals surface area contributed by atoms with Crippen molar-refractivity contribution in [2.75, 3.05) is 7.11 Å². The molecule has 1 fully saturated rings. The molecule has 4 heteroatoms. The molecule has 1 aliphatic rings. The molecule has 0 aromatic carbocycles. The van der Waals surface area contributed by atoms with Crippen LogP contribution >= 0.6 is 11.6 Å². The zero-order valence-electron chi connectivity index (χ0n) is 7.25. The van der Waals surface area contributed by atoms with Crippen molar-refractivity contribution in [3.63, 3.8) is 0 Å². The van der Waals surface area contributed by atoms with Gasteiger partial charge < -0.3 is 9.47 Å². The van der Waals surface area contributed by atoms with Gasteiger partial charge in [-0.25, -0.2) is 0 Å². The molecular weight excluding hydrogens is 180 g/mol. The average Bonchev–Trinajstić information content (AvgIpc) is 2.49. The predicted molar refractivity (Wildman–Crippen MR) is 45.2 cm³/mol. The fraction of sp³-hybridized carbons (Fsp3) is 0.875. The summed E-state index contributed by atoms with van der Waals surface area (Å²) in [6.45, 7) is 1.97. The minimum absolute atomic E-state index is 0.172. The summed E-state index contributed by atoms with van der Waals surface area (Å²) in [5.41, 5.74) is 0. The van der Waals surface area contributed by atoms with Crippen LogP contribution in [0.15, 0.2) is 0 Å². The number of alkyl halides is 1. The average molecular weight is 193 g/mol. The van der Waals surface area contributed by atoms with Crippen LogP contribution in [0.3, 0.4) is 0 Å². The van der Waals surface area contributed by atoms with Crippen LogP contribution in [-0.4, -0.2) is 30.7 Å². The Hall–Kier alpha value is -0.280. The zero-order chi connectivity index (χ0) is 9.14. The molecule has 0 spiro atoms. The van der Waals surface area contributed by atoms with Crippen LogP contribution in [0, 0.1) is 0 Å². The fourth-order valence-electron chi connectivity index (χ4n) is 1.31. The Morgan fingerprint density at radius 1 is 1.67 bits per heavy atom. The number of hydrogen-bond donors (Lipinski definition) is 0. The summed E-state index contributed by atoms with van der Waals surface area (Å²) in [7, 11) is 1.33. The largest absolute Gasteiger partial charge is 0.468 e. The van der Waals surface area contributed by atoms with Crippen molar-refractivity contribution in [1.82, 2.24) is 0 Å². The van der Waals surface area contributed by atoms with E-state index >= 15 is 0 Å². The minimum Gasteiger partial charge on any atom is -0.468 e. The van der Waals surface area contributed by atoms with Gasteiger partial charge in [-0.15, -0.1) is 11.6 Å². The van der Waals surface area contributed by atoms with E-state index < -0.39 is 11.3 Å². The lowest BCUT2D eigenvalue weighted by molar-refractivity contribution is -0.142. The highest BCUT2D eigenvalue weighted by atomic mass is 35.5. The van der Waals surface area contributed by atoms with E-state index in [4.69, 9.17) is 16.3 Å². The van der Waals surface area contributed by atoms with Crippen LogP contribution in [0.4, 0.5) is 0 Å². The molecule has 0 radical (unpaired) electrons. The summed E-state index contributed by atoms with van der Waals surface area (Å²) >= 11 is 5.80. The lowest BCUT2D eigenvalue weighted by Gasteiger charge is -2.14. The van der Waals surface area contributed by atoms with E-state index in [1.54, 1.807) is 0 Å². The summed E-state index contributed by atoms with van der Waals surface area (Å²) < 4.78 is 9.92. The molecule has 0 saturated carbocycles. The van der Waals surface area contributed by atoms with E-state index in [1.807, 2.05) is 6.92 Å². The standard InChI is InChI=1S/C8H13ClO3/c1-5-3-4-6(12-5)7(9)8(10)11-2/h5-7H,3-4H2,1-2H3. The topological polar surface area (TPSA) is 35.5 Å². The van der Waals surface area contributed by atoms with E-state index in [1.165, 1.54) is 7.11 Å². The smallest absolute Gasteiger partial charge is 0.326 e. The van der Waals surface area contributed by atoms with Gasteiger partial charge in [0, 0.05) is 0 Å². The second kappa shape index (κ2) is 4.10. The summed E-state index contributed by atoms with van der Waals surface area (Å²) in [6.07, 6.45) is 1.84. The Kier molecular flexibility index (Phi) is 3.35. The van der Waals surface area contributed by atoms with Gasteiger partial charge >= 0.3 is 5.97 Å². The Bertz CT molecular complexity index is 172. The number of halogens is 1. The highest BCUT2D eigenvalue weighted by Crippen LogP contribution is 2.24. The lowest BCUT2D eigenvalue weighted by atomic mass is 10.1. The Morgan fingerprint density at radius 2 is 2.33 bits per heavy atom. The van der Waals surface area contributed by atoms with Gasteiger partial charge in [-0.3, -0.25) is 4.79 Å².